The van der Waals surface area contributed by atoms with E-state index >= 15 is 0 Å². The molecular weight excluding hydrogens is 468 g/mol. The van der Waals surface area contributed by atoms with Gasteiger partial charge in [0.2, 0.25) is 10.0 Å². The van der Waals surface area contributed by atoms with E-state index in [1.54, 1.807) is 41.3 Å². The first-order valence-electron chi connectivity index (χ1n) is 11.7. The van der Waals surface area contributed by atoms with E-state index in [1.807, 2.05) is 13.0 Å². The molecular formula is C25H28N4O5S. The molecule has 1 saturated heterocycles. The van der Waals surface area contributed by atoms with Crippen LogP contribution in [0.25, 0.3) is 10.9 Å². The van der Waals surface area contributed by atoms with Gasteiger partial charge in [-0.15, -0.1) is 0 Å². The summed E-state index contributed by atoms with van der Waals surface area (Å²) in [5, 5.41) is 0.497. The van der Waals surface area contributed by atoms with Crippen molar-refractivity contribution in [3.63, 3.8) is 0 Å². The number of hydrogen-bond acceptors (Lipinski definition) is 6. The van der Waals surface area contributed by atoms with Crippen LogP contribution in [-0.4, -0.2) is 60.7 Å². The fraction of sp³-hybridized carbons (Fsp3) is 0.400. The average Bonchev–Trinajstić information content (AvgIpc) is 3.44. The van der Waals surface area contributed by atoms with E-state index in [2.05, 4.69) is 9.97 Å². The van der Waals surface area contributed by atoms with Crippen LogP contribution < -0.4 is 9.86 Å². The molecule has 0 unspecified atom stereocenters. The van der Waals surface area contributed by atoms with Crippen LogP contribution in [-0.2, 0) is 27.7 Å². The first-order chi connectivity index (χ1) is 16.7. The maximum absolute atomic E-state index is 13.7. The van der Waals surface area contributed by atoms with Gasteiger partial charge in [-0.25, -0.2) is 13.4 Å². The highest BCUT2D eigenvalue weighted by molar-refractivity contribution is 7.92. The lowest BCUT2D eigenvalue weighted by Crippen LogP contribution is -2.38. The third kappa shape index (κ3) is 4.68. The number of para-hydroxylation sites is 1. The largest absolute Gasteiger partial charge is 0.376 e. The summed E-state index contributed by atoms with van der Waals surface area (Å²) in [6.07, 6.45) is 3.45. The summed E-state index contributed by atoms with van der Waals surface area (Å²) in [7, 11) is -3.41. The van der Waals surface area contributed by atoms with Gasteiger partial charge in [0.15, 0.2) is 0 Å². The standard InChI is InChI=1S/C25H28N4O5S/c1-16-12-18-13-17(9-10-22(18)29(16)35(2,32)33)25(31)28(14-19-6-5-11-34-19)15-23-26-21-8-4-3-7-20(21)24(30)27-23/h3-4,7-10,13,16,19H,5-6,11-12,14-15H2,1-2H3,(H,26,27,30)/t16-,19-/m0/s1. The quantitative estimate of drug-likeness (QED) is 0.561. The Balaban J connectivity index is 1.46. The predicted octanol–water partition coefficient (Wildman–Crippen LogP) is 2.46. The Kier molecular flexibility index (Phi) is 6.10. The molecule has 3 aromatic rings. The second-order valence-corrected chi connectivity index (χ2v) is 11.2. The number of H-pyrrole nitrogens is 1. The highest BCUT2D eigenvalue weighted by atomic mass is 32.2. The van der Waals surface area contributed by atoms with Crippen molar-refractivity contribution in [2.45, 2.75) is 44.9 Å². The summed E-state index contributed by atoms with van der Waals surface area (Å²) in [5.74, 6) is 0.183. The average molecular weight is 497 g/mol. The van der Waals surface area contributed by atoms with Crippen molar-refractivity contribution in [2.24, 2.45) is 0 Å². The van der Waals surface area contributed by atoms with Gasteiger partial charge < -0.3 is 14.6 Å². The highest BCUT2D eigenvalue weighted by Crippen LogP contribution is 2.35. The van der Waals surface area contributed by atoms with Crippen LogP contribution >= 0.6 is 0 Å². The van der Waals surface area contributed by atoms with Crippen molar-refractivity contribution < 1.29 is 17.9 Å². The van der Waals surface area contributed by atoms with Crippen LogP contribution in [0.2, 0.25) is 0 Å². The number of carbonyl (C=O) groups is 1. The van der Waals surface area contributed by atoms with E-state index in [-0.39, 0.29) is 30.2 Å². The molecule has 184 valence electrons. The summed E-state index contributed by atoms with van der Waals surface area (Å²) in [6, 6.07) is 12.0. The zero-order valence-corrected chi connectivity index (χ0v) is 20.5. The smallest absolute Gasteiger partial charge is 0.258 e. The van der Waals surface area contributed by atoms with Crippen LogP contribution in [0.15, 0.2) is 47.3 Å². The van der Waals surface area contributed by atoms with E-state index in [4.69, 9.17) is 4.74 Å². The number of aromatic nitrogens is 2. The van der Waals surface area contributed by atoms with Gasteiger partial charge in [0.1, 0.15) is 5.82 Å². The third-order valence-electron chi connectivity index (χ3n) is 6.57. The fourth-order valence-corrected chi connectivity index (χ4v) is 6.33. The Morgan fingerprint density at radius 2 is 2.06 bits per heavy atom. The van der Waals surface area contributed by atoms with Gasteiger partial charge in [-0.1, -0.05) is 12.1 Å². The number of benzene rings is 2. The van der Waals surface area contributed by atoms with Crippen LogP contribution in [0.1, 0.15) is 41.5 Å². The van der Waals surface area contributed by atoms with Gasteiger partial charge in [-0.2, -0.15) is 0 Å². The molecule has 0 aliphatic carbocycles. The molecule has 1 aromatic heterocycles. The number of aromatic amines is 1. The molecule has 2 aliphatic rings. The minimum atomic E-state index is -3.41. The molecule has 35 heavy (non-hydrogen) atoms. The minimum absolute atomic E-state index is 0.0821. The number of hydrogen-bond donors (Lipinski definition) is 1. The number of nitrogens with zero attached hydrogens (tertiary/aromatic N) is 3. The van der Waals surface area contributed by atoms with E-state index in [9.17, 15) is 18.0 Å². The molecule has 0 saturated carbocycles. The fourth-order valence-electron chi connectivity index (χ4n) is 5.07. The van der Waals surface area contributed by atoms with Crippen molar-refractivity contribution >= 4 is 32.5 Å². The van der Waals surface area contributed by atoms with Crippen LogP contribution in [0, 0.1) is 0 Å². The van der Waals surface area contributed by atoms with Crippen molar-refractivity contribution in [1.82, 2.24) is 14.9 Å². The number of fused-ring (bicyclic) bond motifs is 2. The number of ether oxygens (including phenoxy) is 1. The summed E-state index contributed by atoms with van der Waals surface area (Å²) in [4.78, 5) is 35.2. The third-order valence-corrected chi connectivity index (χ3v) is 7.85. The molecule has 1 amide bonds. The summed E-state index contributed by atoms with van der Waals surface area (Å²) in [5.41, 5.74) is 2.23. The number of amides is 1. The topological polar surface area (TPSA) is 113 Å². The predicted molar refractivity (Wildman–Crippen MR) is 133 cm³/mol. The van der Waals surface area contributed by atoms with Gasteiger partial charge in [0.25, 0.3) is 11.5 Å². The maximum atomic E-state index is 13.7. The van der Waals surface area contributed by atoms with Gasteiger partial charge in [-0.05, 0) is 62.1 Å². The molecule has 2 aliphatic heterocycles. The molecule has 1 N–H and O–H groups in total. The summed E-state index contributed by atoms with van der Waals surface area (Å²) < 4.78 is 31.7. The molecule has 0 radical (unpaired) electrons. The molecule has 0 spiro atoms. The molecule has 10 heteroatoms. The number of carbonyl (C=O) groups excluding carboxylic acids is 1. The Hall–Kier alpha value is -3.24. The van der Waals surface area contributed by atoms with Crippen molar-refractivity contribution in [2.75, 3.05) is 23.7 Å². The number of nitrogens with one attached hydrogen (secondary N) is 1. The van der Waals surface area contributed by atoms with E-state index in [0.717, 1.165) is 18.4 Å². The van der Waals surface area contributed by atoms with Crippen LogP contribution in [0.5, 0.6) is 0 Å². The molecule has 2 atom stereocenters. The maximum Gasteiger partial charge on any atom is 0.258 e. The summed E-state index contributed by atoms with van der Waals surface area (Å²) in [6.45, 7) is 3.02. The Morgan fingerprint density at radius 3 is 2.80 bits per heavy atom. The second-order valence-electron chi connectivity index (χ2n) is 9.31. The number of anilines is 1. The van der Waals surface area contributed by atoms with Gasteiger partial charge in [0.05, 0.1) is 35.5 Å². The Labute approximate surface area is 203 Å². The van der Waals surface area contributed by atoms with Crippen molar-refractivity contribution in [3.8, 4) is 0 Å². The van der Waals surface area contributed by atoms with Gasteiger partial charge in [0, 0.05) is 24.8 Å². The lowest BCUT2D eigenvalue weighted by atomic mass is 10.1. The first-order valence-corrected chi connectivity index (χ1v) is 13.6. The molecule has 2 aromatic carbocycles. The normalized spacial score (nSPS) is 19.8. The molecule has 5 rings (SSSR count). The zero-order valence-electron chi connectivity index (χ0n) is 19.7. The SMILES string of the molecule is C[C@H]1Cc2cc(C(=O)N(Cc3nc4ccccc4c(=O)[nH]3)C[C@@H]3CCCO3)ccc2N1S(C)(=O)=O. The zero-order chi connectivity index (χ0) is 24.7. The monoisotopic (exact) mass is 496 g/mol. The van der Waals surface area contributed by atoms with Crippen LogP contribution in [0.4, 0.5) is 5.69 Å². The molecule has 0 bridgehead atoms. The van der Waals surface area contributed by atoms with E-state index in [0.29, 0.717) is 47.6 Å². The van der Waals surface area contributed by atoms with Crippen LogP contribution in [0.3, 0.4) is 0 Å². The van der Waals surface area contributed by atoms with E-state index < -0.39 is 10.0 Å². The highest BCUT2D eigenvalue weighted by Gasteiger charge is 2.33. The van der Waals surface area contributed by atoms with Gasteiger partial charge >= 0.3 is 0 Å². The molecule has 3 heterocycles. The lowest BCUT2D eigenvalue weighted by Gasteiger charge is -2.26. The number of sulfonamides is 1. The van der Waals surface area contributed by atoms with E-state index in [1.165, 1.54) is 10.6 Å². The first kappa shape index (κ1) is 23.5. The lowest BCUT2D eigenvalue weighted by molar-refractivity contribution is 0.0501. The summed E-state index contributed by atoms with van der Waals surface area (Å²) >= 11 is 0. The second kappa shape index (κ2) is 9.09. The van der Waals surface area contributed by atoms with Crippen molar-refractivity contribution in [1.29, 1.82) is 0 Å². The molecule has 9 nitrogen and oxygen atoms in total. The van der Waals surface area contributed by atoms with Gasteiger partial charge in [-0.3, -0.25) is 13.9 Å². The van der Waals surface area contributed by atoms with Crippen molar-refractivity contribution in [3.05, 3.63) is 69.8 Å². The Morgan fingerprint density at radius 1 is 1.26 bits per heavy atom. The number of rotatable bonds is 6. The Bertz CT molecular complexity index is 1450. The molecule has 1 fully saturated rings. The minimum Gasteiger partial charge on any atom is -0.376 e.